The largest absolute Gasteiger partial charge is 0.493 e. The number of thiazole rings is 1. The van der Waals surface area contributed by atoms with E-state index in [9.17, 15) is 18.0 Å². The van der Waals surface area contributed by atoms with E-state index < -0.39 is 22.7 Å². The highest BCUT2D eigenvalue weighted by Crippen LogP contribution is 2.35. The van der Waals surface area contributed by atoms with Gasteiger partial charge in [-0.1, -0.05) is 6.07 Å². The number of hydrogen-bond donors (Lipinski definition) is 1. The number of rotatable bonds is 5. The van der Waals surface area contributed by atoms with Gasteiger partial charge in [-0.05, 0) is 17.7 Å². The minimum Gasteiger partial charge on any atom is -0.493 e. The van der Waals surface area contributed by atoms with Crippen molar-refractivity contribution in [2.45, 2.75) is 12.6 Å². The Hall–Kier alpha value is -2.29. The number of carbonyl (C=O) groups is 1. The molecule has 1 heterocycles. The number of nitrogens with zero attached hydrogens (tertiary/aromatic N) is 1. The highest BCUT2D eigenvalue weighted by atomic mass is 32.1. The van der Waals surface area contributed by atoms with Crippen molar-refractivity contribution < 1.29 is 32.5 Å². The van der Waals surface area contributed by atoms with Gasteiger partial charge >= 0.3 is 12.1 Å². The maximum atomic E-state index is 12.8. The first-order valence-corrected chi connectivity index (χ1v) is 7.09. The maximum absolute atomic E-state index is 12.8. The van der Waals surface area contributed by atoms with Crippen molar-refractivity contribution in [3.8, 4) is 11.5 Å². The lowest BCUT2D eigenvalue weighted by atomic mass is 10.1. The quantitative estimate of drug-likeness (QED) is 0.897. The second-order valence-corrected chi connectivity index (χ2v) is 5.54. The van der Waals surface area contributed by atoms with Crippen LogP contribution in [-0.2, 0) is 12.6 Å². The van der Waals surface area contributed by atoms with E-state index in [0.29, 0.717) is 28.4 Å². The van der Waals surface area contributed by atoms with Gasteiger partial charge in [-0.25, -0.2) is 9.78 Å². The summed E-state index contributed by atoms with van der Waals surface area (Å²) in [5.41, 5.74) is -0.743. The predicted molar refractivity (Wildman–Crippen MR) is 76.4 cm³/mol. The van der Waals surface area contributed by atoms with Crippen LogP contribution >= 0.6 is 11.3 Å². The molecule has 0 aliphatic heterocycles. The van der Waals surface area contributed by atoms with Gasteiger partial charge in [0.15, 0.2) is 17.2 Å². The lowest BCUT2D eigenvalue weighted by Crippen LogP contribution is -2.11. The van der Waals surface area contributed by atoms with E-state index in [1.165, 1.54) is 14.2 Å². The molecule has 0 atom stereocenters. The molecule has 0 unspecified atom stereocenters. The van der Waals surface area contributed by atoms with Crippen LogP contribution in [0.5, 0.6) is 11.5 Å². The number of carboxylic acids is 1. The summed E-state index contributed by atoms with van der Waals surface area (Å²) in [5.74, 6) is -0.734. The summed E-state index contributed by atoms with van der Waals surface area (Å²) in [5, 5.41) is 8.95. The molecule has 0 aliphatic carbocycles. The van der Waals surface area contributed by atoms with Gasteiger partial charge in [-0.15, -0.1) is 11.3 Å². The fraction of sp³-hybridized carbons (Fsp3) is 0.286. The monoisotopic (exact) mass is 347 g/mol. The van der Waals surface area contributed by atoms with Crippen LogP contribution in [0.3, 0.4) is 0 Å². The average Bonchev–Trinajstić information content (AvgIpc) is 2.91. The van der Waals surface area contributed by atoms with Crippen LogP contribution in [0, 0.1) is 0 Å². The molecule has 0 saturated carbocycles. The first-order chi connectivity index (χ1) is 10.8. The molecule has 0 saturated heterocycles. The average molecular weight is 347 g/mol. The molecule has 23 heavy (non-hydrogen) atoms. The summed E-state index contributed by atoms with van der Waals surface area (Å²) in [7, 11) is 2.91. The molecule has 0 amide bonds. The SMILES string of the molecule is COc1ccc(Cc2nc(C(F)(F)F)c(C(=O)O)s2)cc1OC. The van der Waals surface area contributed by atoms with Crippen molar-refractivity contribution in [2.24, 2.45) is 0 Å². The Morgan fingerprint density at radius 3 is 2.39 bits per heavy atom. The van der Waals surface area contributed by atoms with E-state index in [2.05, 4.69) is 4.98 Å². The molecule has 0 radical (unpaired) electrons. The number of halogens is 3. The van der Waals surface area contributed by atoms with E-state index >= 15 is 0 Å². The van der Waals surface area contributed by atoms with Crippen LogP contribution in [-0.4, -0.2) is 30.3 Å². The van der Waals surface area contributed by atoms with Gasteiger partial charge < -0.3 is 14.6 Å². The van der Waals surface area contributed by atoms with Gasteiger partial charge in [-0.2, -0.15) is 13.2 Å². The summed E-state index contributed by atoms with van der Waals surface area (Å²) in [6.07, 6.45) is -4.75. The summed E-state index contributed by atoms with van der Waals surface area (Å²) in [6.45, 7) is 0. The molecule has 1 N–H and O–H groups in total. The Morgan fingerprint density at radius 2 is 1.91 bits per heavy atom. The normalized spacial score (nSPS) is 11.3. The topological polar surface area (TPSA) is 68.7 Å². The predicted octanol–water partition coefficient (Wildman–Crippen LogP) is 3.47. The third-order valence-electron chi connectivity index (χ3n) is 2.94. The maximum Gasteiger partial charge on any atom is 0.435 e. The number of methoxy groups -OCH3 is 2. The summed E-state index contributed by atoms with van der Waals surface area (Å²) >= 11 is 0.510. The molecule has 0 aliphatic rings. The molecule has 0 fully saturated rings. The van der Waals surface area contributed by atoms with E-state index in [-0.39, 0.29) is 11.4 Å². The highest BCUT2D eigenvalue weighted by molar-refractivity contribution is 7.13. The summed E-state index contributed by atoms with van der Waals surface area (Å²) in [4.78, 5) is 13.6. The van der Waals surface area contributed by atoms with Crippen molar-refractivity contribution >= 4 is 17.3 Å². The summed E-state index contributed by atoms with van der Waals surface area (Å²) < 4.78 is 48.7. The number of carboxylic acid groups (broad SMARTS) is 1. The smallest absolute Gasteiger partial charge is 0.435 e. The molecule has 1 aromatic heterocycles. The third-order valence-corrected chi connectivity index (χ3v) is 3.98. The zero-order valence-corrected chi connectivity index (χ0v) is 12.9. The van der Waals surface area contributed by atoms with Crippen LogP contribution in [0.15, 0.2) is 18.2 Å². The van der Waals surface area contributed by atoms with Crippen molar-refractivity contribution in [3.63, 3.8) is 0 Å². The van der Waals surface area contributed by atoms with Crippen LogP contribution in [0.25, 0.3) is 0 Å². The summed E-state index contributed by atoms with van der Waals surface area (Å²) in [6, 6.07) is 4.87. The molecular formula is C14H12F3NO4S. The molecule has 124 valence electrons. The molecule has 9 heteroatoms. The van der Waals surface area contributed by atoms with Crippen molar-refractivity contribution in [2.75, 3.05) is 14.2 Å². The molecule has 2 rings (SSSR count). The Bertz CT molecular complexity index is 727. The van der Waals surface area contributed by atoms with Gasteiger partial charge in [0.2, 0.25) is 0 Å². The lowest BCUT2D eigenvalue weighted by molar-refractivity contribution is -0.141. The lowest BCUT2D eigenvalue weighted by Gasteiger charge is -2.08. The van der Waals surface area contributed by atoms with Gasteiger partial charge in [0.05, 0.1) is 19.2 Å². The zero-order chi connectivity index (χ0) is 17.2. The van der Waals surface area contributed by atoms with E-state index in [1.54, 1.807) is 18.2 Å². The highest BCUT2D eigenvalue weighted by Gasteiger charge is 2.39. The first-order valence-electron chi connectivity index (χ1n) is 6.27. The molecule has 1 aromatic carbocycles. The standard InChI is InChI=1S/C14H12F3NO4S/c1-21-8-4-3-7(5-9(8)22-2)6-10-18-12(14(15,16)17)11(23-10)13(19)20/h3-5H,6H2,1-2H3,(H,19,20). The fourth-order valence-corrected chi connectivity index (χ4v) is 2.90. The van der Waals surface area contributed by atoms with Crippen LogP contribution in [0.1, 0.15) is 25.9 Å². The minimum absolute atomic E-state index is 0.0569. The Kier molecular flexibility index (Phi) is 4.79. The number of benzene rings is 1. The van der Waals surface area contributed by atoms with Crippen LogP contribution in [0.4, 0.5) is 13.2 Å². The fourth-order valence-electron chi connectivity index (χ4n) is 1.94. The van der Waals surface area contributed by atoms with Crippen molar-refractivity contribution in [1.82, 2.24) is 4.98 Å². The van der Waals surface area contributed by atoms with Crippen LogP contribution in [0.2, 0.25) is 0 Å². The number of hydrogen-bond acceptors (Lipinski definition) is 5. The number of aromatic carboxylic acids is 1. The molecular weight excluding hydrogens is 335 g/mol. The molecule has 0 spiro atoms. The van der Waals surface area contributed by atoms with Crippen LogP contribution < -0.4 is 9.47 Å². The Labute approximate surface area is 133 Å². The Morgan fingerprint density at radius 1 is 1.26 bits per heavy atom. The molecule has 2 aromatic rings. The second-order valence-electron chi connectivity index (χ2n) is 4.45. The van der Waals surface area contributed by atoms with Gasteiger partial charge in [0.25, 0.3) is 0 Å². The van der Waals surface area contributed by atoms with E-state index in [4.69, 9.17) is 14.6 Å². The molecule has 5 nitrogen and oxygen atoms in total. The van der Waals surface area contributed by atoms with Gasteiger partial charge in [-0.3, -0.25) is 0 Å². The second kappa shape index (κ2) is 6.45. The van der Waals surface area contributed by atoms with Crippen molar-refractivity contribution in [3.05, 3.63) is 39.3 Å². The number of ether oxygens (including phenoxy) is 2. The number of alkyl halides is 3. The van der Waals surface area contributed by atoms with Gasteiger partial charge in [0.1, 0.15) is 4.88 Å². The number of aromatic nitrogens is 1. The Balaban J connectivity index is 2.36. The van der Waals surface area contributed by atoms with E-state index in [0.717, 1.165) is 0 Å². The van der Waals surface area contributed by atoms with Crippen molar-refractivity contribution in [1.29, 1.82) is 0 Å². The molecule has 0 bridgehead atoms. The third kappa shape index (κ3) is 3.73. The minimum atomic E-state index is -4.81. The zero-order valence-electron chi connectivity index (χ0n) is 12.1. The van der Waals surface area contributed by atoms with Gasteiger partial charge in [0, 0.05) is 6.42 Å². The first kappa shape index (κ1) is 17.1. The van der Waals surface area contributed by atoms with E-state index in [1.807, 2.05) is 0 Å².